The zero-order valence-corrected chi connectivity index (χ0v) is 14.3. The van der Waals surface area contributed by atoms with Crippen molar-refractivity contribution in [3.63, 3.8) is 0 Å². The maximum absolute atomic E-state index is 13.8. The summed E-state index contributed by atoms with van der Waals surface area (Å²) in [6.07, 6.45) is 4.88. The van der Waals surface area contributed by atoms with Crippen molar-refractivity contribution in [2.75, 3.05) is 0 Å². The third-order valence-electron chi connectivity index (χ3n) is 6.19. The number of carbonyl (C=O) groups excluding carboxylic acids is 1. The van der Waals surface area contributed by atoms with Gasteiger partial charge >= 0.3 is 17.9 Å². The number of rotatable bonds is 6. The molecule has 0 aromatic rings. The van der Waals surface area contributed by atoms with Crippen molar-refractivity contribution < 1.29 is 28.2 Å². The van der Waals surface area contributed by atoms with E-state index in [-0.39, 0.29) is 11.8 Å². The molecule has 0 heterocycles. The Morgan fingerprint density at radius 3 is 1.96 bits per heavy atom. The van der Waals surface area contributed by atoms with Crippen LogP contribution < -0.4 is 0 Å². The van der Waals surface area contributed by atoms with Gasteiger partial charge in [0.1, 0.15) is 0 Å². The van der Waals surface area contributed by atoms with Gasteiger partial charge in [-0.15, -0.1) is 0 Å². The number of carboxylic acids is 1. The van der Waals surface area contributed by atoms with Gasteiger partial charge in [-0.2, -0.15) is 8.78 Å². The number of hydrogen-bond donors (Lipinski definition) is 1. The van der Waals surface area contributed by atoms with Crippen molar-refractivity contribution in [1.29, 1.82) is 0 Å². The molecule has 0 aromatic carbocycles. The lowest BCUT2D eigenvalue weighted by Crippen LogP contribution is -2.49. The van der Waals surface area contributed by atoms with Crippen molar-refractivity contribution in [3.05, 3.63) is 0 Å². The Labute approximate surface area is 140 Å². The molecule has 0 aliphatic heterocycles. The summed E-state index contributed by atoms with van der Waals surface area (Å²) in [7, 11) is 0. The molecule has 4 fully saturated rings. The summed E-state index contributed by atoms with van der Waals surface area (Å²) >= 11 is 0. The smallest absolute Gasteiger partial charge is 0.378 e. The van der Waals surface area contributed by atoms with E-state index in [1.54, 1.807) is 0 Å². The molecule has 6 heteroatoms. The van der Waals surface area contributed by atoms with E-state index in [1.807, 2.05) is 0 Å². The van der Waals surface area contributed by atoms with Crippen LogP contribution in [-0.2, 0) is 14.3 Å². The molecular formula is C18H26F2O4. The van der Waals surface area contributed by atoms with Crippen molar-refractivity contribution in [3.8, 4) is 0 Å². The van der Waals surface area contributed by atoms with E-state index in [9.17, 15) is 18.4 Å². The fraction of sp³-hybridized carbons (Fsp3) is 0.889. The van der Waals surface area contributed by atoms with E-state index in [1.165, 1.54) is 33.1 Å². The Morgan fingerprint density at radius 2 is 1.58 bits per heavy atom. The third-order valence-corrected chi connectivity index (χ3v) is 6.19. The van der Waals surface area contributed by atoms with Crippen LogP contribution in [0.15, 0.2) is 0 Å². The van der Waals surface area contributed by atoms with Gasteiger partial charge in [-0.05, 0) is 67.6 Å². The predicted octanol–water partition coefficient (Wildman–Crippen LogP) is 3.88. The fourth-order valence-corrected chi connectivity index (χ4v) is 5.75. The van der Waals surface area contributed by atoms with Gasteiger partial charge in [0.05, 0.1) is 6.42 Å². The van der Waals surface area contributed by atoms with E-state index in [0.29, 0.717) is 17.8 Å². The van der Waals surface area contributed by atoms with Crippen LogP contribution in [0.5, 0.6) is 0 Å². The van der Waals surface area contributed by atoms with Crippen LogP contribution in [0.1, 0.15) is 58.8 Å². The first kappa shape index (κ1) is 17.6. The number of hydrogen-bond acceptors (Lipinski definition) is 3. The molecule has 136 valence electrons. The monoisotopic (exact) mass is 344 g/mol. The lowest BCUT2D eigenvalue weighted by atomic mass is 9.49. The molecule has 1 atom stereocenters. The van der Waals surface area contributed by atoms with Crippen LogP contribution in [0, 0.1) is 29.1 Å². The molecule has 4 nitrogen and oxygen atoms in total. The molecule has 0 radical (unpaired) electrons. The van der Waals surface area contributed by atoms with E-state index >= 15 is 0 Å². The molecule has 1 unspecified atom stereocenters. The highest BCUT2D eigenvalue weighted by Gasteiger charge is 2.54. The Hall–Kier alpha value is -1.20. The number of alkyl halides is 2. The second kappa shape index (κ2) is 5.95. The molecule has 0 amide bonds. The highest BCUT2D eigenvalue weighted by molar-refractivity contribution is 5.77. The normalized spacial score (nSPS) is 36.0. The predicted molar refractivity (Wildman–Crippen MR) is 82.5 cm³/mol. The molecule has 0 aromatic heterocycles. The fourth-order valence-electron chi connectivity index (χ4n) is 5.75. The molecule has 1 N–H and O–H groups in total. The van der Waals surface area contributed by atoms with Gasteiger partial charge in [-0.1, -0.05) is 13.8 Å². The van der Waals surface area contributed by atoms with Crippen molar-refractivity contribution in [2.45, 2.75) is 70.8 Å². The molecular weight excluding hydrogens is 318 g/mol. The molecule has 0 saturated heterocycles. The van der Waals surface area contributed by atoms with Crippen LogP contribution in [0.3, 0.4) is 0 Å². The van der Waals surface area contributed by atoms with Gasteiger partial charge in [0.25, 0.3) is 0 Å². The van der Waals surface area contributed by atoms with Crippen molar-refractivity contribution in [1.82, 2.24) is 0 Å². The summed E-state index contributed by atoms with van der Waals surface area (Å²) < 4.78 is 32.7. The Kier molecular flexibility index (Phi) is 4.37. The number of esters is 1. The third kappa shape index (κ3) is 3.16. The summed E-state index contributed by atoms with van der Waals surface area (Å²) in [5.41, 5.74) is -0.105. The standard InChI is InChI=1S/C18H26F2O4/c1-10(2)15(18(19,20)16(22)23)24-14(21)9-17-6-11-3-12(7-17)5-13(4-11)8-17/h10-13,15H,3-9H2,1-2H3,(H,22,23). The second-order valence-electron chi connectivity index (χ2n) is 8.68. The molecule has 4 aliphatic rings. The Bertz CT molecular complexity index is 494. The van der Waals surface area contributed by atoms with Crippen molar-refractivity contribution >= 4 is 11.9 Å². The number of carbonyl (C=O) groups is 2. The highest BCUT2D eigenvalue weighted by Crippen LogP contribution is 2.61. The SMILES string of the molecule is CC(C)C(OC(=O)CC12CC3CC(CC(C3)C1)C2)C(F)(F)C(=O)O. The first-order valence-electron chi connectivity index (χ1n) is 8.92. The van der Waals surface area contributed by atoms with Gasteiger partial charge in [0.2, 0.25) is 0 Å². The van der Waals surface area contributed by atoms with Crippen LogP contribution in [0.4, 0.5) is 8.78 Å². The molecule has 4 saturated carbocycles. The average Bonchev–Trinajstić information content (AvgIpc) is 2.41. The molecule has 4 rings (SSSR count). The van der Waals surface area contributed by atoms with Crippen LogP contribution >= 0.6 is 0 Å². The van der Waals surface area contributed by atoms with Gasteiger partial charge in [0, 0.05) is 0 Å². The molecule has 4 aliphatic carbocycles. The summed E-state index contributed by atoms with van der Waals surface area (Å²) in [6, 6.07) is 0. The van der Waals surface area contributed by atoms with E-state index in [2.05, 4.69) is 0 Å². The minimum absolute atomic E-state index is 0.105. The first-order chi connectivity index (χ1) is 11.1. The van der Waals surface area contributed by atoms with E-state index < -0.39 is 29.9 Å². The summed E-state index contributed by atoms with van der Waals surface area (Å²) in [5, 5.41) is 8.73. The van der Waals surface area contributed by atoms with E-state index in [0.717, 1.165) is 19.3 Å². The summed E-state index contributed by atoms with van der Waals surface area (Å²) in [4.78, 5) is 23.2. The second-order valence-corrected chi connectivity index (χ2v) is 8.68. The molecule has 24 heavy (non-hydrogen) atoms. The minimum Gasteiger partial charge on any atom is -0.477 e. The summed E-state index contributed by atoms with van der Waals surface area (Å²) in [5.74, 6) is -5.77. The number of ether oxygens (including phenoxy) is 1. The zero-order valence-electron chi connectivity index (χ0n) is 14.3. The van der Waals surface area contributed by atoms with Crippen LogP contribution in [-0.4, -0.2) is 29.1 Å². The lowest BCUT2D eigenvalue weighted by Gasteiger charge is -2.56. The van der Waals surface area contributed by atoms with E-state index in [4.69, 9.17) is 9.84 Å². The lowest BCUT2D eigenvalue weighted by molar-refractivity contribution is -0.201. The van der Waals surface area contributed by atoms with Gasteiger partial charge in [-0.25, -0.2) is 4.79 Å². The average molecular weight is 344 g/mol. The topological polar surface area (TPSA) is 63.6 Å². The minimum atomic E-state index is -4.06. The van der Waals surface area contributed by atoms with Gasteiger partial charge in [-0.3, -0.25) is 4.79 Å². The zero-order chi connectivity index (χ0) is 17.7. The largest absolute Gasteiger partial charge is 0.477 e. The number of halogens is 2. The maximum Gasteiger partial charge on any atom is 0.378 e. The van der Waals surface area contributed by atoms with Gasteiger partial charge < -0.3 is 9.84 Å². The molecule has 4 bridgehead atoms. The van der Waals surface area contributed by atoms with Crippen LogP contribution in [0.25, 0.3) is 0 Å². The number of carboxylic acid groups (broad SMARTS) is 1. The first-order valence-corrected chi connectivity index (χ1v) is 8.92. The summed E-state index contributed by atoms with van der Waals surface area (Å²) in [6.45, 7) is 2.89. The maximum atomic E-state index is 13.8. The van der Waals surface area contributed by atoms with Gasteiger partial charge in [0.15, 0.2) is 6.10 Å². The highest BCUT2D eigenvalue weighted by atomic mass is 19.3. The Morgan fingerprint density at radius 1 is 1.12 bits per heavy atom. The van der Waals surface area contributed by atoms with Crippen LogP contribution in [0.2, 0.25) is 0 Å². The quantitative estimate of drug-likeness (QED) is 0.743. The molecule has 0 spiro atoms. The van der Waals surface area contributed by atoms with Crippen molar-refractivity contribution in [2.24, 2.45) is 29.1 Å². The number of aliphatic carboxylic acids is 1. The Balaban J connectivity index is 1.67.